The van der Waals surface area contributed by atoms with Crippen molar-refractivity contribution in [1.29, 1.82) is 0 Å². The molecule has 0 aliphatic carbocycles. The molecule has 1 atom stereocenters. The normalized spacial score (nSPS) is 13.2. The van der Waals surface area contributed by atoms with Gasteiger partial charge in [-0.25, -0.2) is 4.98 Å². The number of rotatable bonds is 4. The first kappa shape index (κ1) is 9.73. The van der Waals surface area contributed by atoms with Gasteiger partial charge in [-0.05, 0) is 14.1 Å². The molecule has 1 aromatic heterocycles. The van der Waals surface area contributed by atoms with E-state index in [1.54, 1.807) is 42.3 Å². The van der Waals surface area contributed by atoms with Crippen LogP contribution in [0, 0.1) is 0 Å². The van der Waals surface area contributed by atoms with Gasteiger partial charge in [0.1, 0.15) is 6.04 Å². The summed E-state index contributed by atoms with van der Waals surface area (Å²) in [4.78, 5) is 16.3. The van der Waals surface area contributed by atoms with E-state index in [0.29, 0.717) is 6.54 Å². The van der Waals surface area contributed by atoms with Crippen molar-refractivity contribution >= 4 is 5.97 Å². The largest absolute Gasteiger partial charge is 0.480 e. The first-order valence-electron chi connectivity index (χ1n) is 3.96. The van der Waals surface area contributed by atoms with E-state index in [1.165, 1.54) is 0 Å². The van der Waals surface area contributed by atoms with Crippen LogP contribution in [-0.4, -0.2) is 45.7 Å². The molecule has 0 saturated carbocycles. The zero-order valence-corrected chi connectivity index (χ0v) is 7.71. The maximum absolute atomic E-state index is 10.8. The first-order valence-corrected chi connectivity index (χ1v) is 3.96. The van der Waals surface area contributed by atoms with Crippen LogP contribution in [0.2, 0.25) is 0 Å². The lowest BCUT2D eigenvalue weighted by molar-refractivity contribution is -0.142. The summed E-state index contributed by atoms with van der Waals surface area (Å²) in [5.41, 5.74) is 0. The summed E-state index contributed by atoms with van der Waals surface area (Å²) in [7, 11) is 3.49. The van der Waals surface area contributed by atoms with E-state index in [-0.39, 0.29) is 0 Å². The van der Waals surface area contributed by atoms with Gasteiger partial charge >= 0.3 is 5.97 Å². The molecule has 1 N–H and O–H groups in total. The summed E-state index contributed by atoms with van der Waals surface area (Å²) >= 11 is 0. The molecule has 0 fully saturated rings. The molecule has 1 unspecified atom stereocenters. The molecule has 0 saturated heterocycles. The molecule has 72 valence electrons. The van der Waals surface area contributed by atoms with Crippen molar-refractivity contribution in [2.45, 2.75) is 12.6 Å². The van der Waals surface area contributed by atoms with Gasteiger partial charge in [0.05, 0.1) is 6.33 Å². The van der Waals surface area contributed by atoms with E-state index < -0.39 is 12.0 Å². The fourth-order valence-corrected chi connectivity index (χ4v) is 1.06. The Bertz CT molecular complexity index is 269. The second-order valence-corrected chi connectivity index (χ2v) is 3.08. The van der Waals surface area contributed by atoms with Crippen LogP contribution < -0.4 is 0 Å². The van der Waals surface area contributed by atoms with Crippen LogP contribution in [0.3, 0.4) is 0 Å². The maximum atomic E-state index is 10.8. The Kier molecular flexibility index (Phi) is 3.02. The number of aliphatic carboxylic acids is 1. The number of aromatic nitrogens is 2. The van der Waals surface area contributed by atoms with E-state index in [4.69, 9.17) is 5.11 Å². The lowest BCUT2D eigenvalue weighted by Crippen LogP contribution is -2.38. The van der Waals surface area contributed by atoms with E-state index >= 15 is 0 Å². The third kappa shape index (κ3) is 2.55. The Labute approximate surface area is 76.6 Å². The minimum atomic E-state index is -0.821. The minimum Gasteiger partial charge on any atom is -0.480 e. The van der Waals surface area contributed by atoms with Crippen molar-refractivity contribution in [2.75, 3.05) is 14.1 Å². The van der Waals surface area contributed by atoms with Crippen LogP contribution in [0.5, 0.6) is 0 Å². The van der Waals surface area contributed by atoms with Crippen LogP contribution in [0.25, 0.3) is 0 Å². The summed E-state index contributed by atoms with van der Waals surface area (Å²) in [6, 6.07) is -0.505. The minimum absolute atomic E-state index is 0.419. The number of imidazole rings is 1. The molecule has 1 heterocycles. The van der Waals surface area contributed by atoms with E-state index in [2.05, 4.69) is 4.98 Å². The third-order valence-corrected chi connectivity index (χ3v) is 1.85. The van der Waals surface area contributed by atoms with Gasteiger partial charge in [0.2, 0.25) is 0 Å². The molecule has 0 spiro atoms. The monoisotopic (exact) mass is 183 g/mol. The topological polar surface area (TPSA) is 58.4 Å². The average molecular weight is 183 g/mol. The van der Waals surface area contributed by atoms with Crippen molar-refractivity contribution in [1.82, 2.24) is 14.5 Å². The first-order chi connectivity index (χ1) is 6.11. The fraction of sp³-hybridized carbons (Fsp3) is 0.500. The number of carbonyl (C=O) groups is 1. The lowest BCUT2D eigenvalue weighted by atomic mass is 10.3. The Hall–Kier alpha value is -1.36. The van der Waals surface area contributed by atoms with Gasteiger partial charge in [0, 0.05) is 18.9 Å². The molecule has 5 nitrogen and oxygen atoms in total. The van der Waals surface area contributed by atoms with Crippen LogP contribution >= 0.6 is 0 Å². The molecule has 0 aromatic carbocycles. The fourth-order valence-electron chi connectivity index (χ4n) is 1.06. The van der Waals surface area contributed by atoms with Crippen LogP contribution in [0.15, 0.2) is 18.7 Å². The Morgan fingerprint density at radius 3 is 2.77 bits per heavy atom. The van der Waals surface area contributed by atoms with Gasteiger partial charge in [-0.15, -0.1) is 0 Å². The molecular formula is C8H13N3O2. The molecular weight excluding hydrogens is 170 g/mol. The molecule has 1 aromatic rings. The highest BCUT2D eigenvalue weighted by Crippen LogP contribution is 1.98. The molecule has 1 rings (SSSR count). The number of hydrogen-bond acceptors (Lipinski definition) is 3. The molecule has 0 bridgehead atoms. The highest BCUT2D eigenvalue weighted by molar-refractivity contribution is 5.73. The van der Waals surface area contributed by atoms with Gasteiger partial charge in [-0.1, -0.05) is 0 Å². The van der Waals surface area contributed by atoms with E-state index in [1.807, 2.05) is 0 Å². The van der Waals surface area contributed by atoms with Crippen molar-refractivity contribution in [3.63, 3.8) is 0 Å². The predicted octanol–water partition coefficient (Wildman–Crippen LogP) is -0.102. The highest BCUT2D eigenvalue weighted by atomic mass is 16.4. The summed E-state index contributed by atoms with van der Waals surface area (Å²) in [6.07, 6.45) is 4.99. The van der Waals surface area contributed by atoms with Crippen molar-refractivity contribution < 1.29 is 9.90 Å². The Morgan fingerprint density at radius 2 is 2.38 bits per heavy atom. The summed E-state index contributed by atoms with van der Waals surface area (Å²) in [6.45, 7) is 0.419. The van der Waals surface area contributed by atoms with Crippen molar-refractivity contribution in [3.8, 4) is 0 Å². The quantitative estimate of drug-likeness (QED) is 0.708. The number of nitrogens with zero attached hydrogens (tertiary/aromatic N) is 3. The SMILES string of the molecule is CN(C)C(Cn1ccnc1)C(=O)O. The van der Waals surface area contributed by atoms with Gasteiger partial charge < -0.3 is 9.67 Å². The van der Waals surface area contributed by atoms with Gasteiger partial charge in [0.25, 0.3) is 0 Å². The standard InChI is InChI=1S/C8H13N3O2/c1-10(2)7(8(12)13)5-11-4-3-9-6-11/h3-4,6-7H,5H2,1-2H3,(H,12,13). The van der Waals surface area contributed by atoms with Crippen LogP contribution in [0.1, 0.15) is 0 Å². The number of carboxylic acids is 1. The predicted molar refractivity (Wildman–Crippen MR) is 47.3 cm³/mol. The third-order valence-electron chi connectivity index (χ3n) is 1.85. The maximum Gasteiger partial charge on any atom is 0.322 e. The summed E-state index contributed by atoms with van der Waals surface area (Å²) in [5, 5.41) is 8.87. The second kappa shape index (κ2) is 4.04. The van der Waals surface area contributed by atoms with Gasteiger partial charge in [0.15, 0.2) is 0 Å². The van der Waals surface area contributed by atoms with E-state index in [9.17, 15) is 4.79 Å². The summed E-state index contributed by atoms with van der Waals surface area (Å²) < 4.78 is 1.75. The van der Waals surface area contributed by atoms with Gasteiger partial charge in [-0.2, -0.15) is 0 Å². The highest BCUT2D eigenvalue weighted by Gasteiger charge is 2.19. The molecule has 13 heavy (non-hydrogen) atoms. The average Bonchev–Trinajstić information content (AvgIpc) is 2.50. The van der Waals surface area contributed by atoms with Crippen molar-refractivity contribution in [2.24, 2.45) is 0 Å². The Morgan fingerprint density at radius 1 is 1.69 bits per heavy atom. The molecule has 5 heteroatoms. The van der Waals surface area contributed by atoms with Crippen LogP contribution in [0.4, 0.5) is 0 Å². The summed E-state index contributed by atoms with van der Waals surface area (Å²) in [5.74, 6) is -0.821. The number of likely N-dealkylation sites (N-methyl/N-ethyl adjacent to an activating group) is 1. The molecule has 0 aliphatic heterocycles. The van der Waals surface area contributed by atoms with Crippen LogP contribution in [-0.2, 0) is 11.3 Å². The second-order valence-electron chi connectivity index (χ2n) is 3.08. The van der Waals surface area contributed by atoms with E-state index in [0.717, 1.165) is 0 Å². The number of carboxylic acid groups (broad SMARTS) is 1. The zero-order chi connectivity index (χ0) is 9.84. The smallest absolute Gasteiger partial charge is 0.322 e. The van der Waals surface area contributed by atoms with Crippen molar-refractivity contribution in [3.05, 3.63) is 18.7 Å². The molecule has 0 radical (unpaired) electrons. The lowest BCUT2D eigenvalue weighted by Gasteiger charge is -2.19. The Balaban J connectivity index is 2.63. The van der Waals surface area contributed by atoms with Gasteiger partial charge in [-0.3, -0.25) is 9.69 Å². The number of hydrogen-bond donors (Lipinski definition) is 1. The molecule has 0 amide bonds. The zero-order valence-electron chi connectivity index (χ0n) is 7.71. The molecule has 0 aliphatic rings.